The number of ether oxygens (including phenoxy) is 2. The van der Waals surface area contributed by atoms with Crippen LogP contribution in [0.25, 0.3) is 0 Å². The summed E-state index contributed by atoms with van der Waals surface area (Å²) in [4.78, 5) is 0. The van der Waals surface area contributed by atoms with Crippen LogP contribution in [0, 0.1) is 0 Å². The third kappa shape index (κ3) is 13.2. The van der Waals surface area contributed by atoms with Crippen molar-refractivity contribution < 1.29 is 9.47 Å². The van der Waals surface area contributed by atoms with E-state index in [4.69, 9.17) is 9.47 Å². The molecular weight excluding hydrogens is 500 g/mol. The highest BCUT2D eigenvalue weighted by molar-refractivity contribution is 5.45. The van der Waals surface area contributed by atoms with E-state index >= 15 is 0 Å². The molecule has 0 saturated heterocycles. The van der Waals surface area contributed by atoms with Crippen LogP contribution >= 0.6 is 0 Å². The molecule has 224 valence electrons. The second-order valence-electron chi connectivity index (χ2n) is 11.6. The topological polar surface area (TPSA) is 18.5 Å². The Balaban J connectivity index is 1.47. The second-order valence-corrected chi connectivity index (χ2v) is 11.6. The molecule has 2 heteroatoms. The van der Waals surface area contributed by atoms with Crippen molar-refractivity contribution in [3.05, 3.63) is 95.6 Å². The molecule has 0 aliphatic heterocycles. The van der Waals surface area contributed by atoms with Gasteiger partial charge in [0, 0.05) is 5.92 Å². The lowest BCUT2D eigenvalue weighted by Gasteiger charge is -2.20. The molecule has 0 amide bonds. The van der Waals surface area contributed by atoms with Gasteiger partial charge in [-0.15, -0.1) is 0 Å². The van der Waals surface area contributed by atoms with Crippen molar-refractivity contribution in [3.8, 4) is 11.5 Å². The Kier molecular flexibility index (Phi) is 16.8. The molecule has 0 fully saturated rings. The molecule has 3 aromatic rings. The maximum Gasteiger partial charge on any atom is 0.119 e. The average molecular weight is 557 g/mol. The Morgan fingerprint density at radius 3 is 1.12 bits per heavy atom. The molecule has 0 aliphatic rings. The summed E-state index contributed by atoms with van der Waals surface area (Å²) in [7, 11) is 0. The van der Waals surface area contributed by atoms with Gasteiger partial charge in [-0.25, -0.2) is 0 Å². The Bertz CT molecular complexity index is 944. The standard InChI is InChI=1S/C39H56O2/c1-3-5-7-9-11-13-15-20-32-40-37-28-24-35(25-29-37)39(34-22-18-17-19-23-34)36-26-30-38(31-27-36)41-33-21-16-14-12-10-8-6-4-2/h17-19,22-31,39H,3-16,20-21,32-33H2,1-2H3. The molecule has 0 aromatic heterocycles. The maximum atomic E-state index is 6.08. The molecule has 0 saturated carbocycles. The summed E-state index contributed by atoms with van der Waals surface area (Å²) < 4.78 is 12.2. The van der Waals surface area contributed by atoms with Gasteiger partial charge in [-0.3, -0.25) is 0 Å². The Labute approximate surface area is 251 Å². The van der Waals surface area contributed by atoms with Crippen LogP contribution in [0.1, 0.15) is 139 Å². The van der Waals surface area contributed by atoms with Gasteiger partial charge in [-0.05, 0) is 53.8 Å². The molecular formula is C39H56O2. The first-order valence-electron chi connectivity index (χ1n) is 16.8. The van der Waals surface area contributed by atoms with Gasteiger partial charge in [0.1, 0.15) is 11.5 Å². The zero-order valence-electron chi connectivity index (χ0n) is 26.1. The maximum absolute atomic E-state index is 6.08. The highest BCUT2D eigenvalue weighted by Crippen LogP contribution is 2.33. The van der Waals surface area contributed by atoms with Crippen molar-refractivity contribution in [2.75, 3.05) is 13.2 Å². The van der Waals surface area contributed by atoms with Gasteiger partial charge < -0.3 is 9.47 Å². The van der Waals surface area contributed by atoms with E-state index in [0.29, 0.717) is 0 Å². The summed E-state index contributed by atoms with van der Waals surface area (Å²) in [6.07, 6.45) is 21.1. The van der Waals surface area contributed by atoms with Gasteiger partial charge in [0.15, 0.2) is 0 Å². The summed E-state index contributed by atoms with van der Waals surface area (Å²) in [5.74, 6) is 2.11. The van der Waals surface area contributed by atoms with Crippen molar-refractivity contribution in [3.63, 3.8) is 0 Å². The van der Waals surface area contributed by atoms with Crippen molar-refractivity contribution in [2.45, 2.75) is 122 Å². The van der Waals surface area contributed by atoms with Crippen LogP contribution in [0.15, 0.2) is 78.9 Å². The van der Waals surface area contributed by atoms with Gasteiger partial charge >= 0.3 is 0 Å². The van der Waals surface area contributed by atoms with Crippen molar-refractivity contribution in [2.24, 2.45) is 0 Å². The van der Waals surface area contributed by atoms with Crippen LogP contribution in [-0.4, -0.2) is 13.2 Å². The zero-order valence-corrected chi connectivity index (χ0v) is 26.1. The fourth-order valence-corrected chi connectivity index (χ4v) is 5.59. The first-order chi connectivity index (χ1) is 20.3. The SMILES string of the molecule is CCCCCCCCCCOc1ccc(C(c2ccccc2)c2ccc(OCCCCCCCCCC)cc2)cc1. The van der Waals surface area contributed by atoms with E-state index in [1.54, 1.807) is 0 Å². The Hall–Kier alpha value is -2.74. The Morgan fingerprint density at radius 1 is 0.390 bits per heavy atom. The van der Waals surface area contributed by atoms with Crippen molar-refractivity contribution in [1.82, 2.24) is 0 Å². The Morgan fingerprint density at radius 2 is 0.732 bits per heavy atom. The van der Waals surface area contributed by atoms with E-state index in [2.05, 4.69) is 92.7 Å². The monoisotopic (exact) mass is 556 g/mol. The molecule has 0 atom stereocenters. The van der Waals surface area contributed by atoms with Crippen LogP contribution in [-0.2, 0) is 0 Å². The smallest absolute Gasteiger partial charge is 0.119 e. The first-order valence-corrected chi connectivity index (χ1v) is 16.8. The molecule has 41 heavy (non-hydrogen) atoms. The van der Waals surface area contributed by atoms with Gasteiger partial charge in [0.2, 0.25) is 0 Å². The van der Waals surface area contributed by atoms with E-state index in [1.807, 2.05) is 0 Å². The third-order valence-corrected chi connectivity index (χ3v) is 8.09. The first kappa shape index (κ1) is 32.8. The minimum atomic E-state index is 0.180. The normalized spacial score (nSPS) is 11.2. The number of hydrogen-bond donors (Lipinski definition) is 0. The molecule has 0 bridgehead atoms. The lowest BCUT2D eigenvalue weighted by atomic mass is 9.85. The van der Waals surface area contributed by atoms with E-state index in [-0.39, 0.29) is 5.92 Å². The fraction of sp³-hybridized carbons (Fsp3) is 0.538. The molecule has 2 nitrogen and oxygen atoms in total. The highest BCUT2D eigenvalue weighted by atomic mass is 16.5. The van der Waals surface area contributed by atoms with Gasteiger partial charge in [0.25, 0.3) is 0 Å². The third-order valence-electron chi connectivity index (χ3n) is 8.09. The molecule has 0 heterocycles. The molecule has 3 aromatic carbocycles. The van der Waals surface area contributed by atoms with E-state index in [0.717, 1.165) is 37.6 Å². The van der Waals surface area contributed by atoms with E-state index in [1.165, 1.54) is 107 Å². The minimum absolute atomic E-state index is 0.180. The van der Waals surface area contributed by atoms with Crippen molar-refractivity contribution >= 4 is 0 Å². The van der Waals surface area contributed by atoms with E-state index in [9.17, 15) is 0 Å². The van der Waals surface area contributed by atoms with Crippen molar-refractivity contribution in [1.29, 1.82) is 0 Å². The average Bonchev–Trinajstić information content (AvgIpc) is 3.01. The van der Waals surface area contributed by atoms with Crippen LogP contribution in [0.3, 0.4) is 0 Å². The number of rotatable bonds is 23. The predicted octanol–water partition coefficient (Wildman–Crippen LogP) is 11.9. The minimum Gasteiger partial charge on any atom is -0.494 e. The number of benzene rings is 3. The molecule has 3 rings (SSSR count). The quantitative estimate of drug-likeness (QED) is 0.0854. The molecule has 0 N–H and O–H groups in total. The molecule has 0 unspecified atom stereocenters. The summed E-state index contributed by atoms with van der Waals surface area (Å²) in [5.41, 5.74) is 3.86. The molecule has 0 aliphatic carbocycles. The molecule has 0 radical (unpaired) electrons. The zero-order chi connectivity index (χ0) is 28.8. The number of unbranched alkanes of at least 4 members (excludes halogenated alkanes) is 14. The fourth-order valence-electron chi connectivity index (χ4n) is 5.59. The van der Waals surface area contributed by atoms with Gasteiger partial charge in [0.05, 0.1) is 13.2 Å². The van der Waals surface area contributed by atoms with Gasteiger partial charge in [-0.2, -0.15) is 0 Å². The largest absolute Gasteiger partial charge is 0.494 e. The summed E-state index contributed by atoms with van der Waals surface area (Å²) in [5, 5.41) is 0. The van der Waals surface area contributed by atoms with Gasteiger partial charge in [-0.1, -0.05) is 158 Å². The number of hydrogen-bond acceptors (Lipinski definition) is 2. The summed E-state index contributed by atoms with van der Waals surface area (Å²) >= 11 is 0. The van der Waals surface area contributed by atoms with Crippen LogP contribution in [0.5, 0.6) is 11.5 Å². The predicted molar refractivity (Wildman–Crippen MR) is 176 cm³/mol. The van der Waals surface area contributed by atoms with Crippen LogP contribution in [0.4, 0.5) is 0 Å². The van der Waals surface area contributed by atoms with Crippen LogP contribution in [0.2, 0.25) is 0 Å². The molecule has 0 spiro atoms. The lowest BCUT2D eigenvalue weighted by Crippen LogP contribution is -2.04. The highest BCUT2D eigenvalue weighted by Gasteiger charge is 2.17. The van der Waals surface area contributed by atoms with Crippen LogP contribution < -0.4 is 9.47 Å². The summed E-state index contributed by atoms with van der Waals surface area (Å²) in [6, 6.07) is 28.3. The van der Waals surface area contributed by atoms with E-state index < -0.39 is 0 Å². The second kappa shape index (κ2) is 21.0. The summed E-state index contributed by atoms with van der Waals surface area (Å²) in [6.45, 7) is 6.16. The lowest BCUT2D eigenvalue weighted by molar-refractivity contribution is 0.304.